The lowest BCUT2D eigenvalue weighted by Crippen LogP contribution is -2.16. The Bertz CT molecular complexity index is 779. The van der Waals surface area contributed by atoms with Gasteiger partial charge in [-0.25, -0.2) is 4.79 Å². The maximum Gasteiger partial charge on any atom is 0.411 e. The van der Waals surface area contributed by atoms with Crippen molar-refractivity contribution in [1.29, 1.82) is 0 Å². The topological polar surface area (TPSA) is 46.5 Å². The van der Waals surface area contributed by atoms with Crippen LogP contribution in [0, 0.1) is 0 Å². The molecule has 0 saturated heterocycles. The molecule has 1 heterocycles. The third-order valence-corrected chi connectivity index (χ3v) is 5.39. The molecule has 148 valence electrons. The van der Waals surface area contributed by atoms with Gasteiger partial charge in [0.15, 0.2) is 0 Å². The highest BCUT2D eigenvalue weighted by Crippen LogP contribution is 2.33. The Hall–Kier alpha value is -2.01. The fourth-order valence-corrected chi connectivity index (χ4v) is 4.15. The molecule has 5 heteroatoms. The van der Waals surface area contributed by atoms with E-state index in [-0.39, 0.29) is 6.09 Å². The first-order valence-electron chi connectivity index (χ1n) is 10.3. The van der Waals surface area contributed by atoms with Crippen molar-refractivity contribution in [3.05, 3.63) is 29.5 Å². The van der Waals surface area contributed by atoms with Crippen molar-refractivity contribution in [1.82, 2.24) is 9.47 Å². The van der Waals surface area contributed by atoms with Crippen LogP contribution < -0.4 is 5.32 Å². The molecule has 2 aromatic rings. The van der Waals surface area contributed by atoms with E-state index in [2.05, 4.69) is 41.0 Å². The van der Waals surface area contributed by atoms with Crippen LogP contribution in [0.1, 0.15) is 50.3 Å². The highest BCUT2D eigenvalue weighted by Gasteiger charge is 2.19. The van der Waals surface area contributed by atoms with Crippen LogP contribution in [0.2, 0.25) is 0 Å². The number of carbonyl (C=O) groups is 1. The van der Waals surface area contributed by atoms with Crippen LogP contribution in [0.15, 0.2) is 18.2 Å². The summed E-state index contributed by atoms with van der Waals surface area (Å²) in [6.45, 7) is 4.34. The van der Waals surface area contributed by atoms with Crippen molar-refractivity contribution in [3.63, 3.8) is 0 Å². The molecule has 0 bridgehead atoms. The van der Waals surface area contributed by atoms with Crippen LogP contribution in [0.25, 0.3) is 10.9 Å². The van der Waals surface area contributed by atoms with Crippen molar-refractivity contribution < 1.29 is 9.53 Å². The Morgan fingerprint density at radius 1 is 1.19 bits per heavy atom. The van der Waals surface area contributed by atoms with Gasteiger partial charge in [0.05, 0.1) is 6.61 Å². The minimum absolute atomic E-state index is 0.381. The molecule has 5 nitrogen and oxygen atoms in total. The van der Waals surface area contributed by atoms with Gasteiger partial charge in [-0.15, -0.1) is 0 Å². The second-order valence-corrected chi connectivity index (χ2v) is 7.73. The number of ether oxygens (including phenoxy) is 1. The summed E-state index contributed by atoms with van der Waals surface area (Å²) in [4.78, 5) is 14.1. The molecule has 1 aromatic heterocycles. The summed E-state index contributed by atoms with van der Waals surface area (Å²) >= 11 is 0. The lowest BCUT2D eigenvalue weighted by atomic mass is 9.96. The van der Waals surface area contributed by atoms with Gasteiger partial charge < -0.3 is 14.2 Å². The SMILES string of the molecule is CCOC(=O)Nc1ccc2c(c1)c1c(n2CCCN(C)C)CCCCCC1. The normalized spacial score (nSPS) is 14.7. The largest absolute Gasteiger partial charge is 0.450 e. The monoisotopic (exact) mass is 371 g/mol. The quantitative estimate of drug-likeness (QED) is 0.792. The van der Waals surface area contributed by atoms with E-state index in [9.17, 15) is 4.79 Å². The van der Waals surface area contributed by atoms with Gasteiger partial charge in [-0.3, -0.25) is 5.32 Å². The molecule has 0 radical (unpaired) electrons. The van der Waals surface area contributed by atoms with E-state index in [0.29, 0.717) is 6.61 Å². The molecule has 0 atom stereocenters. The molecule has 27 heavy (non-hydrogen) atoms. The first-order valence-corrected chi connectivity index (χ1v) is 10.3. The number of aryl methyl sites for hydroxylation is 2. The van der Waals surface area contributed by atoms with E-state index >= 15 is 0 Å². The smallest absolute Gasteiger partial charge is 0.411 e. The molecule has 1 N–H and O–H groups in total. The zero-order valence-corrected chi connectivity index (χ0v) is 17.0. The molecule has 0 fully saturated rings. The fourth-order valence-electron chi connectivity index (χ4n) is 4.15. The number of hydrogen-bond acceptors (Lipinski definition) is 3. The van der Waals surface area contributed by atoms with Crippen LogP contribution in [0.4, 0.5) is 10.5 Å². The minimum Gasteiger partial charge on any atom is -0.450 e. The molecular formula is C22H33N3O2. The minimum atomic E-state index is -0.384. The highest BCUT2D eigenvalue weighted by atomic mass is 16.5. The number of amides is 1. The predicted octanol–water partition coefficient (Wildman–Crippen LogP) is 4.82. The number of aromatic nitrogens is 1. The first kappa shape index (κ1) is 19.7. The van der Waals surface area contributed by atoms with Crippen LogP contribution in [0.5, 0.6) is 0 Å². The zero-order chi connectivity index (χ0) is 19.2. The van der Waals surface area contributed by atoms with Crippen molar-refractivity contribution in [2.24, 2.45) is 0 Å². The predicted molar refractivity (Wildman–Crippen MR) is 112 cm³/mol. The van der Waals surface area contributed by atoms with Crippen molar-refractivity contribution in [3.8, 4) is 0 Å². The van der Waals surface area contributed by atoms with Crippen LogP contribution in [-0.4, -0.2) is 42.8 Å². The zero-order valence-electron chi connectivity index (χ0n) is 17.0. The first-order chi connectivity index (χ1) is 13.1. The molecule has 0 aliphatic heterocycles. The van der Waals surface area contributed by atoms with Gasteiger partial charge in [-0.2, -0.15) is 0 Å². The summed E-state index contributed by atoms with van der Waals surface area (Å²) in [5.74, 6) is 0. The molecule has 0 saturated carbocycles. The molecule has 1 amide bonds. The van der Waals surface area contributed by atoms with Gasteiger partial charge >= 0.3 is 6.09 Å². The second kappa shape index (κ2) is 9.27. The fraction of sp³-hybridized carbons (Fsp3) is 0.591. The summed E-state index contributed by atoms with van der Waals surface area (Å²) in [6, 6.07) is 6.29. The Labute approximate surface area is 162 Å². The van der Waals surface area contributed by atoms with Crippen LogP contribution in [-0.2, 0) is 24.1 Å². The number of carbonyl (C=O) groups excluding carboxylic acids is 1. The number of benzene rings is 1. The molecule has 0 spiro atoms. The molecule has 3 rings (SSSR count). The molecule has 1 aliphatic rings. The third kappa shape index (κ3) is 4.83. The van der Waals surface area contributed by atoms with Gasteiger partial charge in [0, 0.05) is 28.8 Å². The number of anilines is 1. The van der Waals surface area contributed by atoms with Crippen LogP contribution >= 0.6 is 0 Å². The third-order valence-electron chi connectivity index (χ3n) is 5.39. The number of hydrogen-bond donors (Lipinski definition) is 1. The second-order valence-electron chi connectivity index (χ2n) is 7.73. The van der Waals surface area contributed by atoms with Crippen molar-refractivity contribution in [2.45, 2.75) is 58.4 Å². The number of rotatable bonds is 6. The highest BCUT2D eigenvalue weighted by molar-refractivity contribution is 5.92. The van der Waals surface area contributed by atoms with E-state index in [1.54, 1.807) is 0 Å². The van der Waals surface area contributed by atoms with Gasteiger partial charge in [-0.05, 0) is 83.4 Å². The Morgan fingerprint density at radius 3 is 2.70 bits per heavy atom. The lowest BCUT2D eigenvalue weighted by Gasteiger charge is -2.16. The Morgan fingerprint density at radius 2 is 1.96 bits per heavy atom. The summed E-state index contributed by atoms with van der Waals surface area (Å²) in [6.07, 6.45) is 8.21. The molecule has 0 unspecified atom stereocenters. The standard InChI is InChI=1S/C22H33N3O2/c1-4-27-22(26)23-17-12-13-21-19(16-17)18-10-7-5-6-8-11-20(18)25(21)15-9-14-24(2)3/h12-13,16H,4-11,14-15H2,1-3H3,(H,23,26). The van der Waals surface area contributed by atoms with E-state index < -0.39 is 0 Å². The molecule has 1 aliphatic carbocycles. The van der Waals surface area contributed by atoms with Gasteiger partial charge in [0.2, 0.25) is 0 Å². The maximum atomic E-state index is 11.8. The Balaban J connectivity index is 1.96. The Kier molecular flexibility index (Phi) is 6.78. The number of nitrogens with zero attached hydrogens (tertiary/aromatic N) is 2. The maximum absolute atomic E-state index is 11.8. The van der Waals surface area contributed by atoms with E-state index in [1.165, 1.54) is 47.8 Å². The number of fused-ring (bicyclic) bond motifs is 3. The molecular weight excluding hydrogens is 338 g/mol. The molecule has 1 aromatic carbocycles. The lowest BCUT2D eigenvalue weighted by molar-refractivity contribution is 0.168. The van der Waals surface area contributed by atoms with Gasteiger partial charge in [-0.1, -0.05) is 12.8 Å². The van der Waals surface area contributed by atoms with E-state index in [4.69, 9.17) is 4.74 Å². The van der Waals surface area contributed by atoms with E-state index in [0.717, 1.165) is 38.0 Å². The van der Waals surface area contributed by atoms with Crippen LogP contribution in [0.3, 0.4) is 0 Å². The van der Waals surface area contributed by atoms with Crippen molar-refractivity contribution >= 4 is 22.7 Å². The summed E-state index contributed by atoms with van der Waals surface area (Å²) in [5, 5.41) is 4.16. The average molecular weight is 372 g/mol. The summed E-state index contributed by atoms with van der Waals surface area (Å²) in [7, 11) is 4.26. The summed E-state index contributed by atoms with van der Waals surface area (Å²) in [5.41, 5.74) is 5.12. The average Bonchev–Trinajstić information content (AvgIpc) is 2.86. The van der Waals surface area contributed by atoms with Crippen molar-refractivity contribution in [2.75, 3.05) is 32.6 Å². The van der Waals surface area contributed by atoms with E-state index in [1.807, 2.05) is 13.0 Å². The summed E-state index contributed by atoms with van der Waals surface area (Å²) < 4.78 is 7.56. The van der Waals surface area contributed by atoms with Gasteiger partial charge in [0.1, 0.15) is 0 Å². The number of nitrogens with one attached hydrogen (secondary N) is 1. The van der Waals surface area contributed by atoms with Gasteiger partial charge in [0.25, 0.3) is 0 Å².